The summed E-state index contributed by atoms with van der Waals surface area (Å²) >= 11 is 3.53. The first-order valence-corrected chi connectivity index (χ1v) is 7.45. The van der Waals surface area contributed by atoms with Gasteiger partial charge >= 0.3 is 5.97 Å². The van der Waals surface area contributed by atoms with E-state index in [1.165, 1.54) is 0 Å². The number of aromatic nitrogens is 1. The minimum atomic E-state index is -0.828. The van der Waals surface area contributed by atoms with E-state index in [2.05, 4.69) is 20.9 Å². The van der Waals surface area contributed by atoms with E-state index in [0.717, 1.165) is 21.1 Å². The van der Waals surface area contributed by atoms with Crippen LogP contribution < -0.4 is 4.90 Å². The van der Waals surface area contributed by atoms with Crippen molar-refractivity contribution in [1.29, 1.82) is 0 Å². The quantitative estimate of drug-likeness (QED) is 0.921. The second-order valence-electron chi connectivity index (χ2n) is 5.13. The van der Waals surface area contributed by atoms with Crippen LogP contribution >= 0.6 is 15.9 Å². The number of ether oxygens (including phenoxy) is 1. The maximum atomic E-state index is 11.3. The zero-order chi connectivity index (χ0) is 15.0. The minimum absolute atomic E-state index is 0.209. The fourth-order valence-corrected chi connectivity index (χ4v) is 3.25. The second-order valence-corrected chi connectivity index (χ2v) is 5.98. The third-order valence-corrected chi connectivity index (χ3v) is 4.62. The Morgan fingerprint density at radius 3 is 2.95 bits per heavy atom. The average molecular weight is 351 g/mol. The lowest BCUT2D eigenvalue weighted by molar-refractivity contribution is -0.141. The number of hydrogen-bond donors (Lipinski definition) is 1. The van der Waals surface area contributed by atoms with Crippen molar-refractivity contribution in [2.24, 2.45) is 5.92 Å². The SMILES string of the molecule is CN(c1nccc2c(Br)cccc12)C1COCC1C(=O)O. The number of likely N-dealkylation sites (N-methyl/N-ethyl adjacent to an activating group) is 1. The van der Waals surface area contributed by atoms with Crippen molar-refractivity contribution in [3.8, 4) is 0 Å². The number of carboxylic acid groups (broad SMARTS) is 1. The summed E-state index contributed by atoms with van der Waals surface area (Å²) in [7, 11) is 1.87. The second kappa shape index (κ2) is 5.61. The van der Waals surface area contributed by atoms with Crippen molar-refractivity contribution >= 4 is 38.5 Å². The molecule has 0 bridgehead atoms. The third-order valence-electron chi connectivity index (χ3n) is 3.93. The number of pyridine rings is 1. The number of aliphatic carboxylic acids is 1. The molecule has 0 aliphatic carbocycles. The van der Waals surface area contributed by atoms with Gasteiger partial charge in [0.05, 0.1) is 19.3 Å². The lowest BCUT2D eigenvalue weighted by Gasteiger charge is -2.28. The zero-order valence-electron chi connectivity index (χ0n) is 11.5. The van der Waals surface area contributed by atoms with Gasteiger partial charge in [-0.3, -0.25) is 4.79 Å². The Morgan fingerprint density at radius 1 is 1.38 bits per heavy atom. The maximum absolute atomic E-state index is 11.3. The van der Waals surface area contributed by atoms with E-state index in [1.807, 2.05) is 36.2 Å². The highest BCUT2D eigenvalue weighted by atomic mass is 79.9. The van der Waals surface area contributed by atoms with Gasteiger partial charge in [-0.15, -0.1) is 0 Å². The summed E-state index contributed by atoms with van der Waals surface area (Å²) in [6.45, 7) is 0.651. The number of fused-ring (bicyclic) bond motifs is 1. The lowest BCUT2D eigenvalue weighted by Crippen LogP contribution is -2.41. The molecule has 1 N–H and O–H groups in total. The number of carboxylic acids is 1. The van der Waals surface area contributed by atoms with E-state index in [1.54, 1.807) is 6.20 Å². The first-order valence-electron chi connectivity index (χ1n) is 6.66. The van der Waals surface area contributed by atoms with E-state index >= 15 is 0 Å². The Morgan fingerprint density at radius 2 is 2.19 bits per heavy atom. The molecule has 6 heteroatoms. The normalized spacial score (nSPS) is 21.6. The van der Waals surface area contributed by atoms with Gasteiger partial charge in [-0.2, -0.15) is 0 Å². The van der Waals surface area contributed by atoms with Crippen LogP contribution in [0.3, 0.4) is 0 Å². The van der Waals surface area contributed by atoms with Gasteiger partial charge in [0, 0.05) is 28.5 Å². The largest absolute Gasteiger partial charge is 0.481 e. The molecular formula is C15H15BrN2O3. The Labute approximate surface area is 130 Å². The van der Waals surface area contributed by atoms with Crippen LogP contribution in [-0.2, 0) is 9.53 Å². The topological polar surface area (TPSA) is 62.7 Å². The molecule has 110 valence electrons. The first kappa shape index (κ1) is 14.3. The van der Waals surface area contributed by atoms with Gasteiger partial charge in [-0.25, -0.2) is 4.98 Å². The van der Waals surface area contributed by atoms with Gasteiger partial charge in [0.25, 0.3) is 0 Å². The number of benzene rings is 1. The summed E-state index contributed by atoms with van der Waals surface area (Å²) in [5.41, 5.74) is 0. The molecule has 1 aliphatic rings. The molecule has 1 aromatic heterocycles. The highest BCUT2D eigenvalue weighted by Gasteiger charge is 2.37. The van der Waals surface area contributed by atoms with Gasteiger partial charge in [0.15, 0.2) is 0 Å². The summed E-state index contributed by atoms with van der Waals surface area (Å²) < 4.78 is 6.34. The van der Waals surface area contributed by atoms with Crippen LogP contribution in [0, 0.1) is 5.92 Å². The molecule has 0 radical (unpaired) electrons. The van der Waals surface area contributed by atoms with E-state index in [0.29, 0.717) is 6.61 Å². The maximum Gasteiger partial charge on any atom is 0.311 e. The fraction of sp³-hybridized carbons (Fsp3) is 0.333. The summed E-state index contributed by atoms with van der Waals surface area (Å²) in [4.78, 5) is 17.7. The Balaban J connectivity index is 2.04. The molecule has 2 heterocycles. The molecule has 2 atom stereocenters. The fourth-order valence-electron chi connectivity index (χ4n) is 2.75. The highest BCUT2D eigenvalue weighted by Crippen LogP contribution is 2.32. The van der Waals surface area contributed by atoms with Gasteiger partial charge in [-0.05, 0) is 12.1 Å². The van der Waals surface area contributed by atoms with Gasteiger partial charge in [0.2, 0.25) is 0 Å². The van der Waals surface area contributed by atoms with E-state index in [9.17, 15) is 9.90 Å². The van der Waals surface area contributed by atoms with Crippen LogP contribution in [0.4, 0.5) is 5.82 Å². The monoisotopic (exact) mass is 350 g/mol. The van der Waals surface area contributed by atoms with E-state index in [4.69, 9.17) is 4.74 Å². The smallest absolute Gasteiger partial charge is 0.311 e. The molecule has 0 spiro atoms. The van der Waals surface area contributed by atoms with Crippen LogP contribution in [0.25, 0.3) is 10.8 Å². The molecular weight excluding hydrogens is 336 g/mol. The standard InChI is InChI=1S/C15H15BrN2O3/c1-18(13-8-21-7-11(13)15(19)20)14-10-3-2-4-12(16)9(10)5-6-17-14/h2-6,11,13H,7-8H2,1H3,(H,19,20). The number of hydrogen-bond acceptors (Lipinski definition) is 4. The molecule has 1 aromatic carbocycles. The summed E-state index contributed by atoms with van der Waals surface area (Å²) in [6.07, 6.45) is 1.74. The van der Waals surface area contributed by atoms with Crippen LogP contribution in [0.1, 0.15) is 0 Å². The van der Waals surface area contributed by atoms with Crippen molar-refractivity contribution in [2.45, 2.75) is 6.04 Å². The Kier molecular flexibility index (Phi) is 3.82. The van der Waals surface area contributed by atoms with Gasteiger partial charge < -0.3 is 14.7 Å². The summed E-state index contributed by atoms with van der Waals surface area (Å²) in [5, 5.41) is 11.3. The predicted octanol–water partition coefficient (Wildman–Crippen LogP) is 2.53. The minimum Gasteiger partial charge on any atom is -0.481 e. The Bertz CT molecular complexity index is 692. The molecule has 3 rings (SSSR count). The van der Waals surface area contributed by atoms with Gasteiger partial charge in [0.1, 0.15) is 11.7 Å². The number of rotatable bonds is 3. The number of halogens is 1. The molecule has 2 aromatic rings. The average Bonchev–Trinajstić information content (AvgIpc) is 2.96. The van der Waals surface area contributed by atoms with Crippen LogP contribution in [0.2, 0.25) is 0 Å². The van der Waals surface area contributed by atoms with Crippen LogP contribution in [0.15, 0.2) is 34.9 Å². The number of nitrogens with zero attached hydrogens (tertiary/aromatic N) is 2. The molecule has 5 nitrogen and oxygen atoms in total. The van der Waals surface area contributed by atoms with Crippen molar-refractivity contribution in [3.05, 3.63) is 34.9 Å². The molecule has 2 unspecified atom stereocenters. The van der Waals surface area contributed by atoms with Gasteiger partial charge in [-0.1, -0.05) is 28.1 Å². The third kappa shape index (κ3) is 2.49. The Hall–Kier alpha value is -1.66. The van der Waals surface area contributed by atoms with Crippen LogP contribution in [0.5, 0.6) is 0 Å². The molecule has 0 saturated carbocycles. The number of anilines is 1. The zero-order valence-corrected chi connectivity index (χ0v) is 13.1. The molecule has 1 fully saturated rings. The first-order chi connectivity index (χ1) is 10.1. The van der Waals surface area contributed by atoms with Crippen molar-refractivity contribution in [3.63, 3.8) is 0 Å². The van der Waals surface area contributed by atoms with E-state index < -0.39 is 11.9 Å². The van der Waals surface area contributed by atoms with Crippen molar-refractivity contribution in [1.82, 2.24) is 4.98 Å². The summed E-state index contributed by atoms with van der Waals surface area (Å²) in [6, 6.07) is 7.65. The molecule has 1 aliphatic heterocycles. The predicted molar refractivity (Wildman–Crippen MR) is 83.6 cm³/mol. The molecule has 0 amide bonds. The van der Waals surface area contributed by atoms with E-state index in [-0.39, 0.29) is 12.6 Å². The van der Waals surface area contributed by atoms with Crippen LogP contribution in [-0.4, -0.2) is 42.4 Å². The molecule has 1 saturated heterocycles. The molecule has 21 heavy (non-hydrogen) atoms. The van der Waals surface area contributed by atoms with Crippen molar-refractivity contribution < 1.29 is 14.6 Å². The lowest BCUT2D eigenvalue weighted by atomic mass is 10.0. The van der Waals surface area contributed by atoms with Crippen molar-refractivity contribution in [2.75, 3.05) is 25.2 Å². The number of carbonyl (C=O) groups is 1. The highest BCUT2D eigenvalue weighted by molar-refractivity contribution is 9.10. The summed E-state index contributed by atoms with van der Waals surface area (Å²) in [5.74, 6) is -0.583.